The van der Waals surface area contributed by atoms with Crippen molar-refractivity contribution >= 4 is 34.2 Å². The molecule has 100 valence electrons. The van der Waals surface area contributed by atoms with Crippen molar-refractivity contribution in [2.24, 2.45) is 0 Å². The molecule has 1 N–H and O–H groups in total. The van der Waals surface area contributed by atoms with Gasteiger partial charge in [0.1, 0.15) is 0 Å². The van der Waals surface area contributed by atoms with Crippen molar-refractivity contribution in [3.63, 3.8) is 0 Å². The number of ether oxygens (including phenoxy) is 1. The van der Waals surface area contributed by atoms with Crippen LogP contribution in [0, 0.1) is 3.57 Å². The third kappa shape index (κ3) is 6.83. The lowest BCUT2D eigenvalue weighted by Crippen LogP contribution is -2.04. The lowest BCUT2D eigenvalue weighted by Gasteiger charge is -2.06. The maximum Gasteiger partial charge on any atom is 0.305 e. The first-order valence-corrected chi connectivity index (χ1v) is 7.45. The summed E-state index contributed by atoms with van der Waals surface area (Å²) >= 11 is 2.29. The molecule has 0 saturated heterocycles. The lowest BCUT2D eigenvalue weighted by atomic mass is 10.2. The number of hydrogen-bond donors (Lipinski definition) is 1. The van der Waals surface area contributed by atoms with Gasteiger partial charge in [-0.05, 0) is 66.6 Å². The number of nitrogens with one attached hydrogen (secondary N) is 1. The highest BCUT2D eigenvalue weighted by molar-refractivity contribution is 14.1. The average Bonchev–Trinajstić information content (AvgIpc) is 2.36. The number of unbranched alkanes of at least 4 members (excludes halogenated alkanes) is 2. The van der Waals surface area contributed by atoms with Crippen molar-refractivity contribution in [3.8, 4) is 0 Å². The van der Waals surface area contributed by atoms with Crippen molar-refractivity contribution < 1.29 is 9.53 Å². The Labute approximate surface area is 122 Å². The van der Waals surface area contributed by atoms with Crippen LogP contribution in [0.15, 0.2) is 24.3 Å². The topological polar surface area (TPSA) is 38.3 Å². The Morgan fingerprint density at radius 3 is 2.61 bits per heavy atom. The SMILES string of the molecule is CCOC(=O)CCCCCNc1ccc(I)cc1. The van der Waals surface area contributed by atoms with Crippen LogP contribution in [0.5, 0.6) is 0 Å². The van der Waals surface area contributed by atoms with Crippen molar-refractivity contribution in [2.45, 2.75) is 32.6 Å². The number of hydrogen-bond acceptors (Lipinski definition) is 3. The minimum absolute atomic E-state index is 0.0805. The predicted molar refractivity (Wildman–Crippen MR) is 82.7 cm³/mol. The van der Waals surface area contributed by atoms with Gasteiger partial charge in [0.2, 0.25) is 0 Å². The molecule has 0 radical (unpaired) electrons. The van der Waals surface area contributed by atoms with E-state index in [1.54, 1.807) is 0 Å². The van der Waals surface area contributed by atoms with Crippen LogP contribution in [0.1, 0.15) is 32.6 Å². The van der Waals surface area contributed by atoms with E-state index in [1.165, 1.54) is 3.57 Å². The van der Waals surface area contributed by atoms with Gasteiger partial charge in [-0.3, -0.25) is 4.79 Å². The van der Waals surface area contributed by atoms with Crippen LogP contribution in [0.25, 0.3) is 0 Å². The van der Waals surface area contributed by atoms with Gasteiger partial charge in [-0.2, -0.15) is 0 Å². The first-order chi connectivity index (χ1) is 8.72. The zero-order valence-electron chi connectivity index (χ0n) is 10.7. The third-order valence-electron chi connectivity index (χ3n) is 2.54. The van der Waals surface area contributed by atoms with Gasteiger partial charge in [-0.25, -0.2) is 0 Å². The van der Waals surface area contributed by atoms with Crippen LogP contribution in [-0.2, 0) is 9.53 Å². The molecule has 0 heterocycles. The Balaban J connectivity index is 2.02. The monoisotopic (exact) mass is 361 g/mol. The Morgan fingerprint density at radius 1 is 1.22 bits per heavy atom. The highest BCUT2D eigenvalue weighted by Crippen LogP contribution is 2.11. The van der Waals surface area contributed by atoms with Crippen LogP contribution in [0.3, 0.4) is 0 Å². The van der Waals surface area contributed by atoms with Crippen LogP contribution < -0.4 is 5.32 Å². The van der Waals surface area contributed by atoms with Crippen molar-refractivity contribution in [1.82, 2.24) is 0 Å². The smallest absolute Gasteiger partial charge is 0.305 e. The quantitative estimate of drug-likeness (QED) is 0.435. The predicted octanol–water partition coefficient (Wildman–Crippen LogP) is 3.83. The summed E-state index contributed by atoms with van der Waals surface area (Å²) in [5, 5.41) is 3.37. The van der Waals surface area contributed by atoms with E-state index in [1.807, 2.05) is 6.92 Å². The number of esters is 1. The molecule has 0 aliphatic carbocycles. The van der Waals surface area contributed by atoms with Gasteiger partial charge in [0.25, 0.3) is 0 Å². The highest BCUT2D eigenvalue weighted by Gasteiger charge is 2.00. The fourth-order valence-corrected chi connectivity index (χ4v) is 1.96. The number of carbonyl (C=O) groups excluding carboxylic acids is 1. The van der Waals surface area contributed by atoms with Crippen molar-refractivity contribution in [3.05, 3.63) is 27.8 Å². The Bertz CT molecular complexity index is 351. The molecular weight excluding hydrogens is 341 g/mol. The van der Waals surface area contributed by atoms with Gasteiger partial charge in [-0.1, -0.05) is 6.42 Å². The minimum atomic E-state index is -0.0805. The van der Waals surface area contributed by atoms with E-state index in [0.717, 1.165) is 31.5 Å². The molecule has 0 amide bonds. The Morgan fingerprint density at radius 2 is 1.94 bits per heavy atom. The molecule has 0 spiro atoms. The fourth-order valence-electron chi connectivity index (χ4n) is 1.60. The van der Waals surface area contributed by atoms with Crippen molar-refractivity contribution in [1.29, 1.82) is 0 Å². The molecular formula is C14H20INO2. The molecule has 0 fully saturated rings. The molecule has 3 nitrogen and oxygen atoms in total. The molecule has 1 aromatic carbocycles. The minimum Gasteiger partial charge on any atom is -0.466 e. The molecule has 0 aromatic heterocycles. The van der Waals surface area contributed by atoms with E-state index in [2.05, 4.69) is 52.2 Å². The maximum atomic E-state index is 11.1. The number of anilines is 1. The Hall–Kier alpha value is -0.780. The first kappa shape index (κ1) is 15.3. The van der Waals surface area contributed by atoms with Crippen molar-refractivity contribution in [2.75, 3.05) is 18.5 Å². The van der Waals surface area contributed by atoms with E-state index in [-0.39, 0.29) is 5.97 Å². The summed E-state index contributed by atoms with van der Waals surface area (Å²) in [6.45, 7) is 3.26. The molecule has 0 unspecified atom stereocenters. The van der Waals surface area contributed by atoms with E-state index in [0.29, 0.717) is 13.0 Å². The number of carbonyl (C=O) groups is 1. The zero-order valence-corrected chi connectivity index (χ0v) is 12.9. The van der Waals surface area contributed by atoms with Crippen LogP contribution in [-0.4, -0.2) is 19.1 Å². The van der Waals surface area contributed by atoms with Gasteiger partial charge < -0.3 is 10.1 Å². The van der Waals surface area contributed by atoms with Gasteiger partial charge >= 0.3 is 5.97 Å². The number of rotatable bonds is 8. The molecule has 1 rings (SSSR count). The Kier molecular flexibility index (Phi) is 7.80. The van der Waals surface area contributed by atoms with Gasteiger partial charge in [0.05, 0.1) is 6.61 Å². The summed E-state index contributed by atoms with van der Waals surface area (Å²) in [5.41, 5.74) is 1.15. The third-order valence-corrected chi connectivity index (χ3v) is 3.26. The fraction of sp³-hybridized carbons (Fsp3) is 0.500. The first-order valence-electron chi connectivity index (χ1n) is 6.37. The molecule has 0 bridgehead atoms. The zero-order chi connectivity index (χ0) is 13.2. The molecule has 0 saturated carbocycles. The summed E-state index contributed by atoms with van der Waals surface area (Å²) in [7, 11) is 0. The molecule has 1 aromatic rings. The normalized spacial score (nSPS) is 10.1. The average molecular weight is 361 g/mol. The van der Waals surface area contributed by atoms with Gasteiger partial charge in [0.15, 0.2) is 0 Å². The molecule has 0 atom stereocenters. The standard InChI is InChI=1S/C14H20INO2/c1-2-18-14(17)6-4-3-5-11-16-13-9-7-12(15)8-10-13/h7-10,16H,2-6,11H2,1H3. The van der Waals surface area contributed by atoms with E-state index in [4.69, 9.17) is 4.74 Å². The summed E-state index contributed by atoms with van der Waals surface area (Å²) in [5.74, 6) is -0.0805. The van der Waals surface area contributed by atoms with Crippen LogP contribution in [0.4, 0.5) is 5.69 Å². The number of halogens is 1. The molecule has 0 aliphatic rings. The largest absolute Gasteiger partial charge is 0.466 e. The second-order valence-corrected chi connectivity index (χ2v) is 5.29. The van der Waals surface area contributed by atoms with E-state index < -0.39 is 0 Å². The summed E-state index contributed by atoms with van der Waals surface area (Å²) in [6, 6.07) is 8.34. The summed E-state index contributed by atoms with van der Waals surface area (Å²) in [4.78, 5) is 11.1. The molecule has 18 heavy (non-hydrogen) atoms. The number of benzene rings is 1. The van der Waals surface area contributed by atoms with E-state index >= 15 is 0 Å². The second kappa shape index (κ2) is 9.19. The van der Waals surface area contributed by atoms with Crippen LogP contribution >= 0.6 is 22.6 Å². The summed E-state index contributed by atoms with van der Waals surface area (Å²) < 4.78 is 6.12. The maximum absolute atomic E-state index is 11.1. The van der Waals surface area contributed by atoms with Gasteiger partial charge in [-0.15, -0.1) is 0 Å². The van der Waals surface area contributed by atoms with Crippen LogP contribution in [0.2, 0.25) is 0 Å². The second-order valence-electron chi connectivity index (χ2n) is 4.05. The molecule has 0 aliphatic heterocycles. The highest BCUT2D eigenvalue weighted by atomic mass is 127. The summed E-state index contributed by atoms with van der Waals surface area (Å²) in [6.07, 6.45) is 3.58. The lowest BCUT2D eigenvalue weighted by molar-refractivity contribution is -0.143. The molecule has 4 heteroatoms. The van der Waals surface area contributed by atoms with E-state index in [9.17, 15) is 4.79 Å². The van der Waals surface area contributed by atoms with Gasteiger partial charge in [0, 0.05) is 22.2 Å².